The summed E-state index contributed by atoms with van der Waals surface area (Å²) in [5.74, 6) is 2.89. The number of thiophene rings is 1. The van der Waals surface area contributed by atoms with E-state index < -0.39 is 0 Å². The zero-order chi connectivity index (χ0) is 19.8. The highest BCUT2D eigenvalue weighted by molar-refractivity contribution is 7.18. The summed E-state index contributed by atoms with van der Waals surface area (Å²) in [7, 11) is 0. The molecule has 0 aromatic carbocycles. The van der Waals surface area contributed by atoms with Crippen molar-refractivity contribution in [3.8, 4) is 0 Å². The first-order valence-corrected chi connectivity index (χ1v) is 11.3. The van der Waals surface area contributed by atoms with E-state index >= 15 is 0 Å². The zero-order valence-corrected chi connectivity index (χ0v) is 18.0. The van der Waals surface area contributed by atoms with Crippen molar-refractivity contribution < 1.29 is 0 Å². The molecule has 8 heteroatoms. The van der Waals surface area contributed by atoms with Gasteiger partial charge >= 0.3 is 0 Å². The number of aryl methyl sites for hydroxylation is 2. The quantitative estimate of drug-likeness (QED) is 0.656. The fourth-order valence-electron chi connectivity index (χ4n) is 4.28. The van der Waals surface area contributed by atoms with Gasteiger partial charge in [0.1, 0.15) is 16.5 Å². The molecule has 0 amide bonds. The summed E-state index contributed by atoms with van der Waals surface area (Å²) in [6.45, 7) is 11.2. The molecule has 29 heavy (non-hydrogen) atoms. The number of aromatic nitrogens is 4. The van der Waals surface area contributed by atoms with Crippen LogP contribution in [-0.4, -0.2) is 64.1 Å². The Balaban J connectivity index is 1.43. The average Bonchev–Trinajstić information content (AvgIpc) is 3.36. The third-order valence-corrected chi connectivity index (χ3v) is 7.13. The van der Waals surface area contributed by atoms with Crippen molar-refractivity contribution in [2.75, 3.05) is 49.1 Å². The Hall–Kier alpha value is -2.32. The van der Waals surface area contributed by atoms with Crippen LogP contribution in [0.1, 0.15) is 29.1 Å². The van der Waals surface area contributed by atoms with Crippen molar-refractivity contribution in [1.82, 2.24) is 24.8 Å². The van der Waals surface area contributed by atoms with Crippen LogP contribution in [0.2, 0.25) is 0 Å². The number of hydrogen-bond donors (Lipinski definition) is 0. The van der Waals surface area contributed by atoms with E-state index in [1.165, 1.54) is 28.7 Å². The molecule has 2 aliphatic heterocycles. The molecule has 0 aliphatic carbocycles. The largest absolute Gasteiger partial charge is 0.352 e. The van der Waals surface area contributed by atoms with E-state index in [1.54, 1.807) is 11.3 Å². The highest BCUT2D eigenvalue weighted by Crippen LogP contribution is 2.35. The van der Waals surface area contributed by atoms with Crippen molar-refractivity contribution in [1.29, 1.82) is 0 Å². The third-order valence-electron chi connectivity index (χ3n) is 6.03. The zero-order valence-electron chi connectivity index (χ0n) is 17.1. The van der Waals surface area contributed by atoms with Gasteiger partial charge in [0.25, 0.3) is 0 Å². The number of piperazine rings is 1. The normalized spacial score (nSPS) is 18.1. The second kappa shape index (κ2) is 7.84. The molecule has 0 radical (unpaired) electrons. The molecule has 3 aromatic heterocycles. The molecule has 2 aliphatic rings. The van der Waals surface area contributed by atoms with Gasteiger partial charge in [-0.05, 0) is 51.4 Å². The average molecular weight is 410 g/mol. The Labute approximate surface area is 175 Å². The molecule has 0 spiro atoms. The maximum absolute atomic E-state index is 5.09. The fraction of sp³-hybridized carbons (Fsp3) is 0.524. The van der Waals surface area contributed by atoms with Crippen molar-refractivity contribution in [2.24, 2.45) is 0 Å². The van der Waals surface area contributed by atoms with Gasteiger partial charge in [-0.1, -0.05) is 0 Å². The molecule has 0 saturated carbocycles. The first kappa shape index (κ1) is 18.7. The molecule has 7 nitrogen and oxygen atoms in total. The molecule has 0 bridgehead atoms. The lowest BCUT2D eigenvalue weighted by Crippen LogP contribution is -2.47. The van der Waals surface area contributed by atoms with Crippen LogP contribution in [0.3, 0.4) is 0 Å². The molecule has 152 valence electrons. The van der Waals surface area contributed by atoms with Crippen LogP contribution in [0.4, 0.5) is 11.8 Å². The highest BCUT2D eigenvalue weighted by atomic mass is 32.1. The van der Waals surface area contributed by atoms with Crippen LogP contribution < -0.4 is 9.80 Å². The molecule has 2 saturated heterocycles. The van der Waals surface area contributed by atoms with E-state index in [1.807, 2.05) is 18.5 Å². The summed E-state index contributed by atoms with van der Waals surface area (Å²) in [5, 5.41) is 1.24. The summed E-state index contributed by atoms with van der Waals surface area (Å²) in [4.78, 5) is 28.5. The van der Waals surface area contributed by atoms with E-state index in [9.17, 15) is 0 Å². The van der Waals surface area contributed by atoms with Crippen LogP contribution in [0.15, 0.2) is 18.5 Å². The van der Waals surface area contributed by atoms with Crippen molar-refractivity contribution in [3.63, 3.8) is 0 Å². The van der Waals surface area contributed by atoms with E-state index in [4.69, 9.17) is 9.97 Å². The smallest absolute Gasteiger partial charge is 0.225 e. The predicted octanol–water partition coefficient (Wildman–Crippen LogP) is 3.02. The highest BCUT2D eigenvalue weighted by Gasteiger charge is 2.25. The first-order chi connectivity index (χ1) is 14.2. The number of likely N-dealkylation sites (tertiary alicyclic amines) is 1. The topological polar surface area (TPSA) is 61.3 Å². The van der Waals surface area contributed by atoms with Gasteiger partial charge < -0.3 is 9.80 Å². The summed E-state index contributed by atoms with van der Waals surface area (Å²) >= 11 is 1.80. The minimum atomic E-state index is 0.817. The van der Waals surface area contributed by atoms with Crippen LogP contribution in [0.5, 0.6) is 0 Å². The van der Waals surface area contributed by atoms with Gasteiger partial charge in [0.15, 0.2) is 0 Å². The van der Waals surface area contributed by atoms with Gasteiger partial charge in [-0.3, -0.25) is 4.90 Å². The summed E-state index contributed by atoms with van der Waals surface area (Å²) in [6.07, 6.45) is 6.20. The number of nitrogens with zero attached hydrogens (tertiary/aromatic N) is 7. The standard InChI is InChI=1S/C21H27N7S/c1-15-16(2)29-20-18(15)19(24-17(25-20)14-26-8-3-4-9-26)27-10-12-28(13-11-27)21-22-6-5-7-23-21/h5-7H,3-4,8-14H2,1-2H3. The number of fused-ring (bicyclic) bond motifs is 1. The Bertz CT molecular complexity index is 989. The molecule has 3 aromatic rings. The summed E-state index contributed by atoms with van der Waals surface area (Å²) in [6, 6.07) is 1.86. The van der Waals surface area contributed by atoms with Gasteiger partial charge in [-0.25, -0.2) is 19.9 Å². The van der Waals surface area contributed by atoms with E-state index in [2.05, 4.69) is 38.5 Å². The van der Waals surface area contributed by atoms with Crippen molar-refractivity contribution in [3.05, 3.63) is 34.7 Å². The minimum Gasteiger partial charge on any atom is -0.352 e. The number of hydrogen-bond acceptors (Lipinski definition) is 8. The van der Waals surface area contributed by atoms with Crippen LogP contribution >= 0.6 is 11.3 Å². The Morgan fingerprint density at radius 1 is 0.897 bits per heavy atom. The molecule has 5 rings (SSSR count). The molecule has 5 heterocycles. The van der Waals surface area contributed by atoms with Gasteiger partial charge in [-0.15, -0.1) is 11.3 Å². The lowest BCUT2D eigenvalue weighted by molar-refractivity contribution is 0.323. The first-order valence-electron chi connectivity index (χ1n) is 10.4. The molecule has 0 N–H and O–H groups in total. The molecule has 2 fully saturated rings. The van der Waals surface area contributed by atoms with Gasteiger partial charge in [0.2, 0.25) is 5.95 Å². The monoisotopic (exact) mass is 409 g/mol. The number of anilines is 2. The number of rotatable bonds is 4. The van der Waals surface area contributed by atoms with Crippen molar-refractivity contribution in [2.45, 2.75) is 33.2 Å². The Morgan fingerprint density at radius 3 is 2.31 bits per heavy atom. The van der Waals surface area contributed by atoms with Crippen LogP contribution in [-0.2, 0) is 6.54 Å². The van der Waals surface area contributed by atoms with Crippen LogP contribution in [0.25, 0.3) is 10.2 Å². The molecule has 0 atom stereocenters. The van der Waals surface area contributed by atoms with E-state index in [0.29, 0.717) is 0 Å². The third kappa shape index (κ3) is 3.67. The SMILES string of the molecule is Cc1sc2nc(CN3CCCC3)nc(N3CCN(c4ncccn4)CC3)c2c1C. The van der Waals surface area contributed by atoms with Crippen molar-refractivity contribution >= 4 is 33.3 Å². The molecular weight excluding hydrogens is 382 g/mol. The lowest BCUT2D eigenvalue weighted by atomic mass is 10.2. The maximum Gasteiger partial charge on any atom is 0.225 e. The van der Waals surface area contributed by atoms with E-state index in [0.717, 1.165) is 68.2 Å². The second-order valence-electron chi connectivity index (χ2n) is 7.93. The van der Waals surface area contributed by atoms with E-state index in [-0.39, 0.29) is 0 Å². The van der Waals surface area contributed by atoms with Gasteiger partial charge in [0.05, 0.1) is 11.9 Å². The minimum absolute atomic E-state index is 0.817. The molecule has 0 unspecified atom stereocenters. The summed E-state index contributed by atoms with van der Waals surface area (Å²) in [5.41, 5.74) is 1.32. The van der Waals surface area contributed by atoms with Gasteiger partial charge in [-0.2, -0.15) is 0 Å². The Morgan fingerprint density at radius 2 is 1.59 bits per heavy atom. The summed E-state index contributed by atoms with van der Waals surface area (Å²) < 4.78 is 0. The second-order valence-corrected chi connectivity index (χ2v) is 9.14. The fourth-order valence-corrected chi connectivity index (χ4v) is 5.33. The van der Waals surface area contributed by atoms with Gasteiger partial charge in [0, 0.05) is 43.4 Å². The molecular formula is C21H27N7S. The maximum atomic E-state index is 5.09. The van der Waals surface area contributed by atoms with Crippen LogP contribution in [0, 0.1) is 13.8 Å². The predicted molar refractivity (Wildman–Crippen MR) is 118 cm³/mol. The Kier molecular flexibility index (Phi) is 5.05. The lowest BCUT2D eigenvalue weighted by Gasteiger charge is -2.35.